The second-order valence-electron chi connectivity index (χ2n) is 3.91. The second kappa shape index (κ2) is 5.02. The summed E-state index contributed by atoms with van der Waals surface area (Å²) in [5, 5.41) is 10.9. The van der Waals surface area contributed by atoms with Gasteiger partial charge in [0.25, 0.3) is 0 Å². The summed E-state index contributed by atoms with van der Waals surface area (Å²) in [5.74, 6) is 0. The van der Waals surface area contributed by atoms with Gasteiger partial charge in [0.1, 0.15) is 0 Å². The molecule has 1 N–H and O–H groups in total. The van der Waals surface area contributed by atoms with Crippen LogP contribution in [0.2, 0.25) is 0 Å². The molecule has 0 aromatic carbocycles. The van der Waals surface area contributed by atoms with Crippen LogP contribution >= 0.6 is 11.6 Å². The maximum absolute atomic E-state index is 10.3. The Bertz CT molecular complexity index is 179. The highest BCUT2D eigenvalue weighted by Gasteiger charge is 2.30. The van der Waals surface area contributed by atoms with E-state index in [9.17, 15) is 5.11 Å². The minimum atomic E-state index is -0.700. The number of halogens is 1. The quantitative estimate of drug-likeness (QED) is 0.679. The molecule has 0 unspecified atom stereocenters. The molecule has 0 aromatic rings. The third-order valence-electron chi connectivity index (χ3n) is 2.76. The molecule has 1 fully saturated rings. The van der Waals surface area contributed by atoms with Crippen molar-refractivity contribution in [3.8, 4) is 0 Å². The predicted molar refractivity (Wildman–Crippen MR) is 56.9 cm³/mol. The molecule has 1 aliphatic rings. The van der Waals surface area contributed by atoms with Crippen molar-refractivity contribution in [3.63, 3.8) is 0 Å². The van der Waals surface area contributed by atoms with Crippen molar-refractivity contribution in [2.45, 2.75) is 57.5 Å². The molecule has 1 aliphatic carbocycles. The van der Waals surface area contributed by atoms with Gasteiger partial charge in [-0.15, -0.1) is 0 Å². The van der Waals surface area contributed by atoms with Crippen molar-refractivity contribution in [2.24, 2.45) is 0 Å². The second-order valence-corrected chi connectivity index (χ2v) is 4.31. The molecule has 0 atom stereocenters. The average Bonchev–Trinajstić information content (AvgIpc) is 2.32. The third-order valence-corrected chi connectivity index (χ3v) is 3.26. The van der Waals surface area contributed by atoms with Gasteiger partial charge < -0.3 is 5.11 Å². The zero-order valence-electron chi connectivity index (χ0n) is 8.35. The molecular formula is C11H19ClO. The zero-order valence-corrected chi connectivity index (χ0v) is 9.11. The van der Waals surface area contributed by atoms with Gasteiger partial charge in [-0.25, -0.2) is 0 Å². The van der Waals surface area contributed by atoms with Crippen LogP contribution in [0.5, 0.6) is 0 Å². The van der Waals surface area contributed by atoms with E-state index in [0.717, 1.165) is 32.1 Å². The van der Waals surface area contributed by atoms with Crippen molar-refractivity contribution in [2.75, 3.05) is 0 Å². The predicted octanol–water partition coefficient (Wildman–Crippen LogP) is 3.60. The standard InChI is InChI=1S/C11H19ClO/c1-2-7-10(12)11(13)8-5-3-4-6-9-11/h7,13H,2-6,8-9H2,1H3. The molecule has 0 radical (unpaired) electrons. The molecule has 0 aromatic heterocycles. The molecule has 1 saturated carbocycles. The Labute approximate surface area is 85.8 Å². The molecule has 0 spiro atoms. The van der Waals surface area contributed by atoms with E-state index in [4.69, 9.17) is 11.6 Å². The zero-order chi connectivity index (χ0) is 9.73. The van der Waals surface area contributed by atoms with Crippen LogP contribution in [0.15, 0.2) is 11.1 Å². The van der Waals surface area contributed by atoms with Gasteiger partial charge in [0.05, 0.1) is 5.60 Å². The SMILES string of the molecule is CCC=C(Cl)C1(O)CCCCCC1. The first-order chi connectivity index (χ1) is 6.19. The largest absolute Gasteiger partial charge is 0.384 e. The summed E-state index contributed by atoms with van der Waals surface area (Å²) >= 11 is 6.08. The van der Waals surface area contributed by atoms with Gasteiger partial charge in [0.15, 0.2) is 0 Å². The molecule has 0 aliphatic heterocycles. The maximum atomic E-state index is 10.3. The molecule has 0 amide bonds. The molecule has 0 heterocycles. The molecule has 0 saturated heterocycles. The van der Waals surface area contributed by atoms with Crippen molar-refractivity contribution < 1.29 is 5.11 Å². The fourth-order valence-corrected chi connectivity index (χ4v) is 2.26. The minimum Gasteiger partial charge on any atom is -0.384 e. The Morgan fingerprint density at radius 2 is 1.85 bits per heavy atom. The van der Waals surface area contributed by atoms with Crippen LogP contribution < -0.4 is 0 Å². The van der Waals surface area contributed by atoms with E-state index in [1.165, 1.54) is 12.8 Å². The van der Waals surface area contributed by atoms with Gasteiger partial charge in [0.2, 0.25) is 0 Å². The molecule has 76 valence electrons. The Kier molecular flexibility index (Phi) is 4.27. The maximum Gasteiger partial charge on any atom is 0.0998 e. The van der Waals surface area contributed by atoms with Gasteiger partial charge in [-0.3, -0.25) is 0 Å². The molecule has 0 bridgehead atoms. The lowest BCUT2D eigenvalue weighted by atomic mass is 9.93. The van der Waals surface area contributed by atoms with Gasteiger partial charge in [-0.2, -0.15) is 0 Å². The van der Waals surface area contributed by atoms with Crippen LogP contribution in [0, 0.1) is 0 Å². The lowest BCUT2D eigenvalue weighted by Gasteiger charge is -2.26. The van der Waals surface area contributed by atoms with Gasteiger partial charge in [-0.1, -0.05) is 50.3 Å². The number of aliphatic hydroxyl groups is 1. The Hall–Kier alpha value is -0.0100. The van der Waals surface area contributed by atoms with Crippen molar-refractivity contribution in [1.29, 1.82) is 0 Å². The fraction of sp³-hybridized carbons (Fsp3) is 0.818. The fourth-order valence-electron chi connectivity index (χ4n) is 1.92. The van der Waals surface area contributed by atoms with Gasteiger partial charge in [0, 0.05) is 5.03 Å². The van der Waals surface area contributed by atoms with E-state index in [-0.39, 0.29) is 0 Å². The van der Waals surface area contributed by atoms with E-state index in [1.807, 2.05) is 13.0 Å². The Morgan fingerprint density at radius 3 is 2.31 bits per heavy atom. The van der Waals surface area contributed by atoms with Crippen LogP contribution in [-0.4, -0.2) is 10.7 Å². The molecular weight excluding hydrogens is 184 g/mol. The van der Waals surface area contributed by atoms with Crippen LogP contribution in [0.3, 0.4) is 0 Å². The lowest BCUT2D eigenvalue weighted by molar-refractivity contribution is 0.0696. The van der Waals surface area contributed by atoms with Gasteiger partial charge >= 0.3 is 0 Å². The lowest BCUT2D eigenvalue weighted by Crippen LogP contribution is -2.28. The van der Waals surface area contributed by atoms with Crippen molar-refractivity contribution >= 4 is 11.6 Å². The molecule has 2 heteroatoms. The number of allylic oxidation sites excluding steroid dienone is 1. The first-order valence-corrected chi connectivity index (χ1v) is 5.65. The normalized spacial score (nSPS) is 24.1. The third kappa shape index (κ3) is 2.99. The average molecular weight is 203 g/mol. The molecule has 1 rings (SSSR count). The van der Waals surface area contributed by atoms with Crippen molar-refractivity contribution in [1.82, 2.24) is 0 Å². The monoisotopic (exact) mass is 202 g/mol. The van der Waals surface area contributed by atoms with Gasteiger partial charge in [-0.05, 0) is 19.3 Å². The highest BCUT2D eigenvalue weighted by atomic mass is 35.5. The summed E-state index contributed by atoms with van der Waals surface area (Å²) < 4.78 is 0. The van der Waals surface area contributed by atoms with E-state index >= 15 is 0 Å². The van der Waals surface area contributed by atoms with Crippen molar-refractivity contribution in [3.05, 3.63) is 11.1 Å². The summed E-state index contributed by atoms with van der Waals surface area (Å²) in [6.45, 7) is 2.04. The molecule has 13 heavy (non-hydrogen) atoms. The first kappa shape index (κ1) is 11.1. The van der Waals surface area contributed by atoms with Crippen LogP contribution in [0.4, 0.5) is 0 Å². The summed E-state index contributed by atoms with van der Waals surface area (Å²) in [6.07, 6.45) is 9.18. The van der Waals surface area contributed by atoms with E-state index in [0.29, 0.717) is 5.03 Å². The summed E-state index contributed by atoms with van der Waals surface area (Å²) in [4.78, 5) is 0. The highest BCUT2D eigenvalue weighted by Crippen LogP contribution is 2.35. The number of rotatable bonds is 2. The summed E-state index contributed by atoms with van der Waals surface area (Å²) in [5.41, 5.74) is -0.700. The summed E-state index contributed by atoms with van der Waals surface area (Å²) in [7, 11) is 0. The highest BCUT2D eigenvalue weighted by molar-refractivity contribution is 6.30. The molecule has 1 nitrogen and oxygen atoms in total. The van der Waals surface area contributed by atoms with Crippen LogP contribution in [-0.2, 0) is 0 Å². The number of hydrogen-bond acceptors (Lipinski definition) is 1. The smallest absolute Gasteiger partial charge is 0.0998 e. The van der Waals surface area contributed by atoms with E-state index in [2.05, 4.69) is 0 Å². The van der Waals surface area contributed by atoms with E-state index in [1.54, 1.807) is 0 Å². The van der Waals surface area contributed by atoms with E-state index < -0.39 is 5.60 Å². The summed E-state index contributed by atoms with van der Waals surface area (Å²) in [6, 6.07) is 0. The van der Waals surface area contributed by atoms with Crippen LogP contribution in [0.25, 0.3) is 0 Å². The first-order valence-electron chi connectivity index (χ1n) is 5.27. The number of hydrogen-bond donors (Lipinski definition) is 1. The topological polar surface area (TPSA) is 20.2 Å². The Balaban J connectivity index is 2.65. The Morgan fingerprint density at radius 1 is 1.31 bits per heavy atom. The van der Waals surface area contributed by atoms with Crippen LogP contribution in [0.1, 0.15) is 51.9 Å². The minimum absolute atomic E-state index is 0.664.